The van der Waals surface area contributed by atoms with E-state index in [1.807, 2.05) is 42.5 Å². The number of nitrogens with one attached hydrogen (secondary N) is 2. The number of benzene rings is 3. The van der Waals surface area contributed by atoms with Crippen LogP contribution in [0.25, 0.3) is 0 Å². The van der Waals surface area contributed by atoms with Crippen LogP contribution >= 0.6 is 0 Å². The van der Waals surface area contributed by atoms with Crippen molar-refractivity contribution in [3.05, 3.63) is 101 Å². The number of hydrogen-bond donors (Lipinski definition) is 4. The van der Waals surface area contributed by atoms with E-state index in [0.717, 1.165) is 16.7 Å². The van der Waals surface area contributed by atoms with E-state index < -0.39 is 30.0 Å². The Balaban J connectivity index is 1.50. The quantitative estimate of drug-likeness (QED) is 0.317. The van der Waals surface area contributed by atoms with Crippen molar-refractivity contribution in [1.82, 2.24) is 5.32 Å². The molecule has 0 aromatic heterocycles. The Labute approximate surface area is 207 Å². The molecule has 0 spiro atoms. The standard InChI is InChI=1S/C27H26N2O7/c30-24(31)15-14-23(26(33)34)29-25(32)21-10-6-18(7-11-21)16-19-8-12-22(13-9-19)28-27(35)36-17-20-4-2-1-3-5-20/h1-13,23H,14-17H2,(H,28,35)(H,29,32)(H,30,31)(H,33,34). The van der Waals surface area contributed by atoms with Gasteiger partial charge in [0, 0.05) is 17.7 Å². The lowest BCUT2D eigenvalue weighted by atomic mass is 10.0. The summed E-state index contributed by atoms with van der Waals surface area (Å²) in [6.45, 7) is 0.179. The van der Waals surface area contributed by atoms with E-state index in [1.54, 1.807) is 36.4 Å². The van der Waals surface area contributed by atoms with Gasteiger partial charge in [0.15, 0.2) is 0 Å². The summed E-state index contributed by atoms with van der Waals surface area (Å²) in [5.74, 6) is -3.01. The fourth-order valence-electron chi connectivity index (χ4n) is 3.36. The topological polar surface area (TPSA) is 142 Å². The molecular formula is C27H26N2O7. The van der Waals surface area contributed by atoms with Crippen molar-refractivity contribution in [3.63, 3.8) is 0 Å². The summed E-state index contributed by atoms with van der Waals surface area (Å²) in [7, 11) is 0. The molecular weight excluding hydrogens is 464 g/mol. The molecule has 4 N–H and O–H groups in total. The predicted octanol–water partition coefficient (Wildman–Crippen LogP) is 4.07. The van der Waals surface area contributed by atoms with Crippen molar-refractivity contribution >= 4 is 29.6 Å². The van der Waals surface area contributed by atoms with Crippen LogP contribution in [0.2, 0.25) is 0 Å². The molecule has 3 aromatic carbocycles. The normalized spacial score (nSPS) is 11.2. The van der Waals surface area contributed by atoms with Crippen LogP contribution in [0.4, 0.5) is 10.5 Å². The van der Waals surface area contributed by atoms with Gasteiger partial charge in [-0.15, -0.1) is 0 Å². The maximum atomic E-state index is 12.4. The van der Waals surface area contributed by atoms with Gasteiger partial charge >= 0.3 is 18.0 Å². The van der Waals surface area contributed by atoms with Gasteiger partial charge in [-0.3, -0.25) is 14.9 Å². The average molecular weight is 491 g/mol. The Bertz CT molecular complexity index is 1190. The summed E-state index contributed by atoms with van der Waals surface area (Å²) < 4.78 is 5.21. The second-order valence-corrected chi connectivity index (χ2v) is 8.05. The first-order valence-corrected chi connectivity index (χ1v) is 11.2. The minimum atomic E-state index is -1.29. The zero-order valence-electron chi connectivity index (χ0n) is 19.3. The lowest BCUT2D eigenvalue weighted by Gasteiger charge is -2.13. The third-order valence-corrected chi connectivity index (χ3v) is 5.29. The van der Waals surface area contributed by atoms with Gasteiger partial charge in [0.1, 0.15) is 12.6 Å². The molecule has 0 bridgehead atoms. The Hall–Kier alpha value is -4.66. The van der Waals surface area contributed by atoms with Gasteiger partial charge in [0.2, 0.25) is 0 Å². The Morgan fingerprint density at radius 1 is 0.778 bits per heavy atom. The van der Waals surface area contributed by atoms with E-state index in [4.69, 9.17) is 9.84 Å². The molecule has 186 valence electrons. The molecule has 0 radical (unpaired) electrons. The van der Waals surface area contributed by atoms with E-state index in [-0.39, 0.29) is 25.0 Å². The summed E-state index contributed by atoms with van der Waals surface area (Å²) in [6, 6.07) is 22.1. The minimum Gasteiger partial charge on any atom is -0.481 e. The molecule has 3 aromatic rings. The Morgan fingerprint density at radius 2 is 1.39 bits per heavy atom. The molecule has 0 fully saturated rings. The molecule has 9 heteroatoms. The fraction of sp³-hybridized carbons (Fsp3) is 0.185. The predicted molar refractivity (Wildman–Crippen MR) is 132 cm³/mol. The van der Waals surface area contributed by atoms with Gasteiger partial charge in [-0.2, -0.15) is 0 Å². The molecule has 36 heavy (non-hydrogen) atoms. The van der Waals surface area contributed by atoms with Crippen LogP contribution in [0.3, 0.4) is 0 Å². The molecule has 0 aliphatic rings. The molecule has 0 aliphatic heterocycles. The number of carboxylic acid groups (broad SMARTS) is 2. The van der Waals surface area contributed by atoms with Crippen LogP contribution < -0.4 is 10.6 Å². The number of carbonyl (C=O) groups excluding carboxylic acids is 2. The van der Waals surface area contributed by atoms with Crippen LogP contribution in [0, 0.1) is 0 Å². The summed E-state index contributed by atoms with van der Waals surface area (Å²) in [5.41, 5.74) is 3.67. The molecule has 9 nitrogen and oxygen atoms in total. The van der Waals surface area contributed by atoms with Gasteiger partial charge in [0.05, 0.1) is 0 Å². The van der Waals surface area contributed by atoms with E-state index in [9.17, 15) is 24.3 Å². The van der Waals surface area contributed by atoms with Gasteiger partial charge in [-0.25, -0.2) is 9.59 Å². The highest BCUT2D eigenvalue weighted by atomic mass is 16.5. The smallest absolute Gasteiger partial charge is 0.411 e. The number of amides is 2. The highest BCUT2D eigenvalue weighted by Crippen LogP contribution is 2.15. The van der Waals surface area contributed by atoms with Crippen LogP contribution in [0.5, 0.6) is 0 Å². The molecule has 3 rings (SSSR count). The SMILES string of the molecule is O=C(O)CCC(NC(=O)c1ccc(Cc2ccc(NC(=O)OCc3ccccc3)cc2)cc1)C(=O)O. The summed E-state index contributed by atoms with van der Waals surface area (Å²) in [4.78, 5) is 46.3. The van der Waals surface area contributed by atoms with Crippen molar-refractivity contribution in [3.8, 4) is 0 Å². The van der Waals surface area contributed by atoms with Crippen molar-refractivity contribution in [2.75, 3.05) is 5.32 Å². The average Bonchev–Trinajstić information content (AvgIpc) is 2.87. The van der Waals surface area contributed by atoms with Crippen LogP contribution in [-0.2, 0) is 27.4 Å². The van der Waals surface area contributed by atoms with Crippen molar-refractivity contribution in [2.24, 2.45) is 0 Å². The van der Waals surface area contributed by atoms with E-state index in [2.05, 4.69) is 10.6 Å². The van der Waals surface area contributed by atoms with Crippen molar-refractivity contribution in [2.45, 2.75) is 31.9 Å². The maximum Gasteiger partial charge on any atom is 0.411 e. The van der Waals surface area contributed by atoms with E-state index >= 15 is 0 Å². The largest absolute Gasteiger partial charge is 0.481 e. The lowest BCUT2D eigenvalue weighted by Crippen LogP contribution is -2.41. The number of carbonyl (C=O) groups is 4. The maximum absolute atomic E-state index is 12.4. The third-order valence-electron chi connectivity index (χ3n) is 5.29. The van der Waals surface area contributed by atoms with Crippen molar-refractivity contribution in [1.29, 1.82) is 0 Å². The number of hydrogen-bond acceptors (Lipinski definition) is 5. The monoisotopic (exact) mass is 490 g/mol. The second-order valence-electron chi connectivity index (χ2n) is 8.05. The van der Waals surface area contributed by atoms with Gasteiger partial charge in [0.25, 0.3) is 5.91 Å². The van der Waals surface area contributed by atoms with Crippen LogP contribution in [0.15, 0.2) is 78.9 Å². The number of aliphatic carboxylic acids is 2. The summed E-state index contributed by atoms with van der Waals surface area (Å²) >= 11 is 0. The highest BCUT2D eigenvalue weighted by Gasteiger charge is 2.21. The fourth-order valence-corrected chi connectivity index (χ4v) is 3.36. The molecule has 0 saturated heterocycles. The van der Waals surface area contributed by atoms with Gasteiger partial charge in [-0.1, -0.05) is 54.6 Å². The first kappa shape index (κ1) is 26.0. The lowest BCUT2D eigenvalue weighted by molar-refractivity contribution is -0.140. The Morgan fingerprint density at radius 3 is 1.97 bits per heavy atom. The Kier molecular flexibility index (Phi) is 9.16. The summed E-state index contributed by atoms with van der Waals surface area (Å²) in [6.07, 6.45) is -0.533. The number of ether oxygens (including phenoxy) is 1. The third kappa shape index (κ3) is 8.28. The van der Waals surface area contributed by atoms with Crippen molar-refractivity contribution < 1.29 is 34.1 Å². The first-order valence-electron chi connectivity index (χ1n) is 11.2. The van der Waals surface area contributed by atoms with E-state index in [0.29, 0.717) is 12.1 Å². The zero-order valence-corrected chi connectivity index (χ0v) is 19.3. The van der Waals surface area contributed by atoms with Crippen LogP contribution in [-0.4, -0.2) is 40.2 Å². The van der Waals surface area contributed by atoms with Crippen LogP contribution in [0.1, 0.15) is 39.9 Å². The summed E-state index contributed by atoms with van der Waals surface area (Å²) in [5, 5.41) is 23.0. The minimum absolute atomic E-state index is 0.179. The van der Waals surface area contributed by atoms with Gasteiger partial charge in [-0.05, 0) is 53.8 Å². The number of rotatable bonds is 11. The first-order chi connectivity index (χ1) is 17.3. The molecule has 0 heterocycles. The van der Waals surface area contributed by atoms with E-state index in [1.165, 1.54) is 0 Å². The second kappa shape index (κ2) is 12.7. The molecule has 0 aliphatic carbocycles. The molecule has 1 atom stereocenters. The zero-order chi connectivity index (χ0) is 25.9. The molecule has 2 amide bonds. The number of anilines is 1. The molecule has 0 saturated carbocycles. The number of carboxylic acids is 2. The van der Waals surface area contributed by atoms with Gasteiger partial charge < -0.3 is 20.3 Å². The molecule has 1 unspecified atom stereocenters. The highest BCUT2D eigenvalue weighted by molar-refractivity contribution is 5.96.